The standard InChI is InChI=1S/C33H38F3N7O3/c1-5-20-13-22(14-23-17-37-32(41-31(20)23)39-25-9-7-24(8-10-25)38-30(45)18-46-4)27-16-28(42-43(27)3)40-29(44)15-21-12-19(2)6-11-26(21)33(34,35)36/h6,11-14,16-17,24-25H,5,7-10,15,18H2,1-4H3,(H,38,45)(H,37,39,41)(H,40,42,44). The number of aromatic nitrogens is 4. The quantitative estimate of drug-likeness (QED) is 0.207. The number of aryl methyl sites for hydroxylation is 3. The van der Waals surface area contributed by atoms with E-state index in [0.717, 1.165) is 59.5 Å². The molecule has 10 nitrogen and oxygen atoms in total. The molecule has 1 aliphatic carbocycles. The van der Waals surface area contributed by atoms with Crippen molar-refractivity contribution in [2.24, 2.45) is 7.05 Å². The van der Waals surface area contributed by atoms with Crippen LogP contribution in [0.1, 0.15) is 54.9 Å². The molecule has 0 spiro atoms. The Bertz CT molecular complexity index is 1730. The zero-order valence-corrected chi connectivity index (χ0v) is 26.3. The summed E-state index contributed by atoms with van der Waals surface area (Å²) in [5, 5.41) is 14.4. The summed E-state index contributed by atoms with van der Waals surface area (Å²) in [5.41, 5.74) is 3.13. The fraction of sp³-hybridized carbons (Fsp3) is 0.424. The van der Waals surface area contributed by atoms with Gasteiger partial charge in [-0.2, -0.15) is 18.3 Å². The Morgan fingerprint density at radius 3 is 2.46 bits per heavy atom. The average Bonchev–Trinajstić information content (AvgIpc) is 3.36. The molecule has 2 aromatic heterocycles. The normalized spacial score (nSPS) is 16.8. The van der Waals surface area contributed by atoms with Crippen molar-refractivity contribution in [2.75, 3.05) is 24.4 Å². The van der Waals surface area contributed by atoms with E-state index in [4.69, 9.17) is 9.72 Å². The predicted octanol–water partition coefficient (Wildman–Crippen LogP) is 5.59. The fourth-order valence-electron chi connectivity index (χ4n) is 5.98. The van der Waals surface area contributed by atoms with Crippen molar-refractivity contribution >= 4 is 34.5 Å². The summed E-state index contributed by atoms with van der Waals surface area (Å²) >= 11 is 0. The summed E-state index contributed by atoms with van der Waals surface area (Å²) in [5.74, 6) is 0.1000. The molecule has 1 fully saturated rings. The minimum absolute atomic E-state index is 0.0620. The number of alkyl halides is 3. The maximum atomic E-state index is 13.5. The number of halogens is 3. The molecule has 1 saturated carbocycles. The Balaban J connectivity index is 1.28. The summed E-state index contributed by atoms with van der Waals surface area (Å²) < 4.78 is 47.0. The van der Waals surface area contributed by atoms with Crippen molar-refractivity contribution in [3.8, 4) is 11.3 Å². The number of methoxy groups -OCH3 is 1. The van der Waals surface area contributed by atoms with Crippen molar-refractivity contribution in [3.05, 3.63) is 64.8 Å². The lowest BCUT2D eigenvalue weighted by atomic mass is 9.91. The van der Waals surface area contributed by atoms with Crippen LogP contribution in [0.2, 0.25) is 0 Å². The van der Waals surface area contributed by atoms with E-state index in [0.29, 0.717) is 17.9 Å². The van der Waals surface area contributed by atoms with Gasteiger partial charge in [-0.25, -0.2) is 9.97 Å². The summed E-state index contributed by atoms with van der Waals surface area (Å²) in [6.45, 7) is 3.79. The third kappa shape index (κ3) is 7.82. The molecular weight excluding hydrogens is 599 g/mol. The summed E-state index contributed by atoms with van der Waals surface area (Å²) in [6.07, 6.45) is 0.989. The molecule has 13 heteroatoms. The van der Waals surface area contributed by atoms with E-state index >= 15 is 0 Å². The Kier molecular flexibility index (Phi) is 9.90. The number of amides is 2. The molecule has 244 valence electrons. The number of carbonyl (C=O) groups is 2. The molecule has 0 saturated heterocycles. The Labute approximate surface area is 265 Å². The summed E-state index contributed by atoms with van der Waals surface area (Å²) in [7, 11) is 3.24. The summed E-state index contributed by atoms with van der Waals surface area (Å²) in [4.78, 5) is 34.0. The zero-order chi connectivity index (χ0) is 33.0. The highest BCUT2D eigenvalue weighted by atomic mass is 19.4. The van der Waals surface area contributed by atoms with Crippen LogP contribution in [0.3, 0.4) is 0 Å². The van der Waals surface area contributed by atoms with Gasteiger partial charge in [0.1, 0.15) is 6.61 Å². The summed E-state index contributed by atoms with van der Waals surface area (Å²) in [6, 6.07) is 9.79. The van der Waals surface area contributed by atoms with Gasteiger partial charge in [0.05, 0.1) is 23.2 Å². The van der Waals surface area contributed by atoms with E-state index in [2.05, 4.69) is 26.0 Å². The molecule has 0 bridgehead atoms. The Hall–Kier alpha value is -4.52. The molecule has 2 aromatic carbocycles. The van der Waals surface area contributed by atoms with Gasteiger partial charge in [0.25, 0.3) is 0 Å². The lowest BCUT2D eigenvalue weighted by Gasteiger charge is -2.29. The molecule has 5 rings (SSSR count). The van der Waals surface area contributed by atoms with E-state index in [1.165, 1.54) is 19.2 Å². The van der Waals surface area contributed by atoms with Crippen molar-refractivity contribution < 1.29 is 27.5 Å². The number of fused-ring (bicyclic) bond motifs is 1. The molecule has 3 N–H and O–H groups in total. The Morgan fingerprint density at radius 2 is 1.76 bits per heavy atom. The van der Waals surface area contributed by atoms with E-state index in [1.807, 2.05) is 19.1 Å². The zero-order valence-electron chi connectivity index (χ0n) is 26.3. The second-order valence-corrected chi connectivity index (χ2v) is 11.7. The Morgan fingerprint density at radius 1 is 1.02 bits per heavy atom. The van der Waals surface area contributed by atoms with Crippen molar-refractivity contribution in [2.45, 2.75) is 70.6 Å². The highest BCUT2D eigenvalue weighted by Crippen LogP contribution is 2.33. The van der Waals surface area contributed by atoms with Crippen LogP contribution in [0.5, 0.6) is 0 Å². The molecule has 0 aliphatic heterocycles. The van der Waals surface area contributed by atoms with Crippen molar-refractivity contribution in [1.82, 2.24) is 25.1 Å². The van der Waals surface area contributed by atoms with Gasteiger partial charge in [0, 0.05) is 49.5 Å². The molecular formula is C33H38F3N7O3. The topological polar surface area (TPSA) is 123 Å². The number of hydrogen-bond acceptors (Lipinski definition) is 7. The van der Waals surface area contributed by atoms with Gasteiger partial charge < -0.3 is 20.7 Å². The van der Waals surface area contributed by atoms with Crippen LogP contribution in [0.15, 0.2) is 42.6 Å². The van der Waals surface area contributed by atoms with Gasteiger partial charge in [-0.05, 0) is 68.4 Å². The molecule has 46 heavy (non-hydrogen) atoms. The van der Waals surface area contributed by atoms with E-state index < -0.39 is 24.1 Å². The number of benzene rings is 2. The molecule has 0 atom stereocenters. The SMILES string of the molecule is CCc1cc(-c2cc(NC(=O)Cc3cc(C)ccc3C(F)(F)F)nn2C)cc2cnc(NC3CCC(NC(=O)COC)CC3)nc12. The first-order chi connectivity index (χ1) is 21.9. The smallest absolute Gasteiger partial charge is 0.375 e. The highest BCUT2D eigenvalue weighted by Gasteiger charge is 2.33. The first-order valence-corrected chi connectivity index (χ1v) is 15.3. The second-order valence-electron chi connectivity index (χ2n) is 11.7. The van der Waals surface area contributed by atoms with Gasteiger partial charge in [0.2, 0.25) is 17.8 Å². The van der Waals surface area contributed by atoms with Crippen LogP contribution in [0, 0.1) is 6.92 Å². The number of rotatable bonds is 10. The van der Waals surface area contributed by atoms with Gasteiger partial charge >= 0.3 is 6.18 Å². The molecule has 4 aromatic rings. The van der Waals surface area contributed by atoms with E-state index in [9.17, 15) is 22.8 Å². The minimum atomic E-state index is -4.56. The van der Waals surface area contributed by atoms with Gasteiger partial charge in [-0.1, -0.05) is 24.6 Å². The third-order valence-electron chi connectivity index (χ3n) is 8.20. The van der Waals surface area contributed by atoms with Crippen LogP contribution < -0.4 is 16.0 Å². The van der Waals surface area contributed by atoms with Crippen molar-refractivity contribution in [1.29, 1.82) is 0 Å². The van der Waals surface area contributed by atoms with Crippen molar-refractivity contribution in [3.63, 3.8) is 0 Å². The van der Waals surface area contributed by atoms with Crippen LogP contribution >= 0.6 is 0 Å². The predicted molar refractivity (Wildman–Crippen MR) is 169 cm³/mol. The molecule has 0 radical (unpaired) electrons. The number of nitrogens with zero attached hydrogens (tertiary/aromatic N) is 4. The van der Waals surface area contributed by atoms with Crippen LogP contribution in [-0.2, 0) is 40.4 Å². The van der Waals surface area contributed by atoms with Gasteiger partial charge in [0.15, 0.2) is 5.82 Å². The maximum absolute atomic E-state index is 13.5. The number of anilines is 2. The van der Waals surface area contributed by atoms with E-state index in [-0.39, 0.29) is 36.0 Å². The molecule has 2 amide bonds. The van der Waals surface area contributed by atoms with Gasteiger partial charge in [-0.3, -0.25) is 14.3 Å². The number of carbonyl (C=O) groups excluding carboxylic acids is 2. The molecule has 2 heterocycles. The minimum Gasteiger partial charge on any atom is -0.375 e. The van der Waals surface area contributed by atoms with E-state index in [1.54, 1.807) is 30.9 Å². The first kappa shape index (κ1) is 32.9. The largest absolute Gasteiger partial charge is 0.416 e. The third-order valence-corrected chi connectivity index (χ3v) is 8.20. The first-order valence-electron chi connectivity index (χ1n) is 15.3. The number of hydrogen-bond donors (Lipinski definition) is 3. The molecule has 0 unspecified atom stereocenters. The fourth-order valence-corrected chi connectivity index (χ4v) is 5.98. The maximum Gasteiger partial charge on any atom is 0.416 e. The van der Waals surface area contributed by atoms with Crippen LogP contribution in [0.4, 0.5) is 24.9 Å². The average molecular weight is 638 g/mol. The molecule has 1 aliphatic rings. The van der Waals surface area contributed by atoms with Crippen LogP contribution in [0.25, 0.3) is 22.2 Å². The van der Waals surface area contributed by atoms with Gasteiger partial charge in [-0.15, -0.1) is 0 Å². The second kappa shape index (κ2) is 13.9. The number of nitrogens with one attached hydrogen (secondary N) is 3. The monoisotopic (exact) mass is 637 g/mol. The lowest BCUT2D eigenvalue weighted by Crippen LogP contribution is -2.41. The number of ether oxygens (including phenoxy) is 1. The van der Waals surface area contributed by atoms with Crippen LogP contribution in [-0.4, -0.2) is 57.4 Å². The lowest BCUT2D eigenvalue weighted by molar-refractivity contribution is -0.138. The highest BCUT2D eigenvalue weighted by molar-refractivity contribution is 5.93.